The van der Waals surface area contributed by atoms with E-state index in [1.54, 1.807) is 55.6 Å². The number of hydrogen-bond acceptors (Lipinski definition) is 8. The fraction of sp³-hybridized carbons (Fsp3) is 0.281. The topological polar surface area (TPSA) is 129 Å². The summed E-state index contributed by atoms with van der Waals surface area (Å²) < 4.78 is 47.8. The van der Waals surface area contributed by atoms with Crippen LogP contribution in [-0.2, 0) is 10.0 Å². The normalized spacial score (nSPS) is 17.6. The number of nitrogens with zero attached hydrogens (tertiary/aromatic N) is 3. The molecule has 0 unspecified atom stereocenters. The molecule has 1 aliphatic heterocycles. The molecule has 0 aliphatic carbocycles. The first-order valence-electron chi connectivity index (χ1n) is 14.2. The van der Waals surface area contributed by atoms with Crippen molar-refractivity contribution in [1.29, 1.82) is 0 Å². The molecule has 0 saturated heterocycles. The minimum Gasteiger partial charge on any atom is -0.486 e. The number of thiazole rings is 1. The molecule has 2 N–H and O–H groups in total. The van der Waals surface area contributed by atoms with Crippen LogP contribution in [0.15, 0.2) is 83.2 Å². The van der Waals surface area contributed by atoms with Gasteiger partial charge in [0.15, 0.2) is 5.75 Å². The highest BCUT2D eigenvalue weighted by atomic mass is 32.2. The van der Waals surface area contributed by atoms with Crippen LogP contribution in [0.4, 0.5) is 10.1 Å². The Balaban J connectivity index is 1.47. The van der Waals surface area contributed by atoms with Gasteiger partial charge in [-0.25, -0.2) is 17.8 Å². The molecule has 5 rings (SSSR count). The highest BCUT2D eigenvalue weighted by Gasteiger charge is 2.36. The number of nitrogens with one attached hydrogen (secondary N) is 1. The maximum absolute atomic E-state index is 13.8. The van der Waals surface area contributed by atoms with Gasteiger partial charge < -0.3 is 20.1 Å². The van der Waals surface area contributed by atoms with Crippen LogP contribution in [0.5, 0.6) is 5.75 Å². The molecule has 45 heavy (non-hydrogen) atoms. The number of likely N-dealkylation sites (N-methyl/N-ethyl adjacent to an activating group) is 1. The predicted molar refractivity (Wildman–Crippen MR) is 169 cm³/mol. The fourth-order valence-electron chi connectivity index (χ4n) is 5.02. The molecule has 0 saturated carbocycles. The van der Waals surface area contributed by atoms with Gasteiger partial charge in [-0.3, -0.25) is 9.59 Å². The molecular formula is C32H33FN4O6S2. The van der Waals surface area contributed by atoms with Crippen LogP contribution in [-0.4, -0.2) is 78.4 Å². The predicted octanol–water partition coefficient (Wildman–Crippen LogP) is 4.74. The second-order valence-electron chi connectivity index (χ2n) is 10.9. The van der Waals surface area contributed by atoms with Gasteiger partial charge in [-0.15, -0.1) is 11.3 Å². The van der Waals surface area contributed by atoms with E-state index in [9.17, 15) is 27.5 Å². The zero-order valence-electron chi connectivity index (χ0n) is 24.9. The summed E-state index contributed by atoms with van der Waals surface area (Å²) in [7, 11) is -2.62. The summed E-state index contributed by atoms with van der Waals surface area (Å²) >= 11 is 1.49. The summed E-state index contributed by atoms with van der Waals surface area (Å²) in [6, 6.07) is 15.7. The molecule has 0 radical (unpaired) electrons. The average Bonchev–Trinajstić information content (AvgIpc) is 3.58. The Morgan fingerprint density at radius 3 is 2.53 bits per heavy atom. The number of fused-ring (bicyclic) bond motifs is 1. The van der Waals surface area contributed by atoms with Crippen LogP contribution in [0, 0.1) is 11.7 Å². The van der Waals surface area contributed by atoms with E-state index < -0.39 is 45.7 Å². The highest BCUT2D eigenvalue weighted by Crippen LogP contribution is 2.35. The van der Waals surface area contributed by atoms with E-state index in [0.717, 1.165) is 27.0 Å². The summed E-state index contributed by atoms with van der Waals surface area (Å²) in [6.45, 7) is 3.32. The van der Waals surface area contributed by atoms with Crippen molar-refractivity contribution in [2.45, 2.75) is 30.9 Å². The number of sulfonamides is 1. The molecule has 3 atom stereocenters. The molecule has 2 heterocycles. The lowest BCUT2D eigenvalue weighted by atomic mass is 9.99. The number of aliphatic hydroxyl groups excluding tert-OH is 1. The summed E-state index contributed by atoms with van der Waals surface area (Å²) in [5, 5.41) is 15.5. The van der Waals surface area contributed by atoms with E-state index in [1.807, 2.05) is 12.3 Å². The number of halogens is 1. The van der Waals surface area contributed by atoms with Crippen LogP contribution in [0.2, 0.25) is 0 Å². The lowest BCUT2D eigenvalue weighted by Gasteiger charge is -2.38. The van der Waals surface area contributed by atoms with E-state index in [0.29, 0.717) is 5.56 Å². The van der Waals surface area contributed by atoms with E-state index in [-0.39, 0.29) is 41.6 Å². The molecular weight excluding hydrogens is 620 g/mol. The SMILES string of the molecule is C[C@H]1CN([C@@H](C)CO)C(=O)c2cccc(NC(=O)c3ccc(-c4nccs4)cc3)c2O[C@@H]1CN(C)S(=O)(=O)c1ccc(F)cc1. The van der Waals surface area contributed by atoms with E-state index in [4.69, 9.17) is 4.74 Å². The molecule has 236 valence electrons. The summed E-state index contributed by atoms with van der Waals surface area (Å²) in [5.74, 6) is -1.70. The Morgan fingerprint density at radius 2 is 1.89 bits per heavy atom. The van der Waals surface area contributed by atoms with Crippen molar-refractivity contribution in [1.82, 2.24) is 14.2 Å². The van der Waals surface area contributed by atoms with Gasteiger partial charge in [0.1, 0.15) is 16.9 Å². The molecule has 1 aromatic heterocycles. The quantitative estimate of drug-likeness (QED) is 0.267. The molecule has 0 fully saturated rings. The Kier molecular flexibility index (Phi) is 9.63. The molecule has 13 heteroatoms. The molecule has 0 bridgehead atoms. The maximum Gasteiger partial charge on any atom is 0.258 e. The number of hydrogen-bond donors (Lipinski definition) is 2. The number of rotatable bonds is 9. The van der Waals surface area contributed by atoms with Gasteiger partial charge >= 0.3 is 0 Å². The second-order valence-corrected chi connectivity index (χ2v) is 13.9. The molecule has 4 aromatic rings. The van der Waals surface area contributed by atoms with Crippen molar-refractivity contribution in [3.05, 3.63) is 95.3 Å². The largest absolute Gasteiger partial charge is 0.486 e. The van der Waals surface area contributed by atoms with Crippen LogP contribution in [0.3, 0.4) is 0 Å². The number of aliphatic hydroxyl groups is 1. The van der Waals surface area contributed by atoms with Gasteiger partial charge in [0.05, 0.1) is 35.3 Å². The summed E-state index contributed by atoms with van der Waals surface area (Å²) in [6.07, 6.45) is 0.929. The maximum atomic E-state index is 13.8. The third kappa shape index (κ3) is 6.91. The number of amides is 2. The number of anilines is 1. The van der Waals surface area contributed by atoms with Crippen LogP contribution >= 0.6 is 11.3 Å². The van der Waals surface area contributed by atoms with Crippen molar-refractivity contribution < 1.29 is 32.2 Å². The molecule has 10 nitrogen and oxygen atoms in total. The zero-order valence-corrected chi connectivity index (χ0v) is 26.5. The summed E-state index contributed by atoms with van der Waals surface area (Å²) in [5.41, 5.74) is 1.63. The Labute approximate surface area is 265 Å². The standard InChI is InChI=1S/C32H33FN4O6S2/c1-20-17-37(21(2)19-38)32(40)26-5-4-6-27(35-30(39)22-7-9-23(10-8-22)31-34-15-16-44-31)29(26)43-28(20)18-36(3)45(41,42)25-13-11-24(33)12-14-25/h4-16,20-21,28,38H,17-19H2,1-3H3,(H,35,39)/t20-,21-,28+/m0/s1. The van der Waals surface area contributed by atoms with E-state index >= 15 is 0 Å². The van der Waals surface area contributed by atoms with Crippen molar-refractivity contribution in [2.24, 2.45) is 5.92 Å². The summed E-state index contributed by atoms with van der Waals surface area (Å²) in [4.78, 5) is 32.9. The molecule has 0 spiro atoms. The number of para-hydroxylation sites is 1. The number of aromatic nitrogens is 1. The number of benzene rings is 3. The van der Waals surface area contributed by atoms with Gasteiger partial charge in [-0.05, 0) is 55.5 Å². The van der Waals surface area contributed by atoms with E-state index in [2.05, 4.69) is 10.3 Å². The molecule has 3 aromatic carbocycles. The number of carbonyl (C=O) groups excluding carboxylic acids is 2. The van der Waals surface area contributed by atoms with Crippen LogP contribution in [0.25, 0.3) is 10.6 Å². The number of carbonyl (C=O) groups is 2. The van der Waals surface area contributed by atoms with Crippen LogP contribution < -0.4 is 10.1 Å². The molecule has 1 aliphatic rings. The van der Waals surface area contributed by atoms with Crippen molar-refractivity contribution in [2.75, 3.05) is 32.1 Å². The Morgan fingerprint density at radius 1 is 1.18 bits per heavy atom. The molecule has 2 amide bonds. The van der Waals surface area contributed by atoms with Gasteiger partial charge in [-0.2, -0.15) is 4.31 Å². The average molecular weight is 653 g/mol. The lowest BCUT2D eigenvalue weighted by Crippen LogP contribution is -2.50. The minimum atomic E-state index is -4.01. The van der Waals surface area contributed by atoms with Gasteiger partial charge in [0.2, 0.25) is 10.0 Å². The van der Waals surface area contributed by atoms with Crippen molar-refractivity contribution >= 4 is 38.9 Å². The smallest absolute Gasteiger partial charge is 0.258 e. The van der Waals surface area contributed by atoms with Gasteiger partial charge in [-0.1, -0.05) is 25.1 Å². The first kappa shape index (κ1) is 32.2. The van der Waals surface area contributed by atoms with E-state index in [1.165, 1.54) is 35.4 Å². The second kappa shape index (κ2) is 13.4. The third-order valence-electron chi connectivity index (χ3n) is 7.72. The fourth-order valence-corrected chi connectivity index (χ4v) is 6.85. The van der Waals surface area contributed by atoms with Gasteiger partial charge in [0, 0.05) is 42.2 Å². The number of ether oxygens (including phenoxy) is 1. The van der Waals surface area contributed by atoms with Crippen molar-refractivity contribution in [3.8, 4) is 16.3 Å². The minimum absolute atomic E-state index is 0.0789. The first-order chi connectivity index (χ1) is 21.5. The third-order valence-corrected chi connectivity index (χ3v) is 10.4. The van der Waals surface area contributed by atoms with Gasteiger partial charge in [0.25, 0.3) is 11.8 Å². The van der Waals surface area contributed by atoms with Crippen LogP contribution in [0.1, 0.15) is 34.6 Å². The first-order valence-corrected chi connectivity index (χ1v) is 16.6. The zero-order chi connectivity index (χ0) is 32.3. The lowest BCUT2D eigenvalue weighted by molar-refractivity contribution is 0.0388. The highest BCUT2D eigenvalue weighted by molar-refractivity contribution is 7.89. The Hall–Kier alpha value is -4.17. The van der Waals surface area contributed by atoms with Crippen molar-refractivity contribution in [3.63, 3.8) is 0 Å². The monoisotopic (exact) mass is 652 g/mol. The Bertz CT molecular complexity index is 1770.